The van der Waals surface area contributed by atoms with Gasteiger partial charge in [0.25, 0.3) is 0 Å². The Bertz CT molecular complexity index is 552. The van der Waals surface area contributed by atoms with Gasteiger partial charge in [-0.2, -0.15) is 0 Å². The fraction of sp³-hybridized carbons (Fsp3) is 0.562. The van der Waals surface area contributed by atoms with Gasteiger partial charge < -0.3 is 14.9 Å². The zero-order chi connectivity index (χ0) is 15.1. The van der Waals surface area contributed by atoms with Gasteiger partial charge in [0, 0.05) is 11.0 Å². The van der Waals surface area contributed by atoms with Gasteiger partial charge >= 0.3 is 5.97 Å². The second kappa shape index (κ2) is 4.69. The Labute approximate surface area is 119 Å². The summed E-state index contributed by atoms with van der Waals surface area (Å²) in [5.74, 6) is -0.00469. The van der Waals surface area contributed by atoms with Crippen LogP contribution in [0.4, 0.5) is 0 Å². The van der Waals surface area contributed by atoms with Crippen LogP contribution < -0.4 is 0 Å². The Balaban J connectivity index is 2.60. The molecule has 2 N–H and O–H groups in total. The van der Waals surface area contributed by atoms with Crippen LogP contribution in [0, 0.1) is 12.3 Å². The maximum Gasteiger partial charge on any atom is 0.312 e. The summed E-state index contributed by atoms with van der Waals surface area (Å²) in [4.78, 5) is 12.2. The number of benzene rings is 1. The zero-order valence-corrected chi connectivity index (χ0v) is 12.5. The molecule has 0 aromatic heterocycles. The van der Waals surface area contributed by atoms with E-state index < -0.39 is 10.8 Å². The lowest BCUT2D eigenvalue weighted by atomic mass is 9.63. The first-order chi connectivity index (χ1) is 9.26. The molecule has 2 atom stereocenters. The smallest absolute Gasteiger partial charge is 0.312 e. The van der Waals surface area contributed by atoms with E-state index in [1.165, 1.54) is 7.11 Å². The van der Waals surface area contributed by atoms with Gasteiger partial charge in [0.1, 0.15) is 11.5 Å². The van der Waals surface area contributed by atoms with Crippen molar-refractivity contribution in [1.82, 2.24) is 0 Å². The number of carbonyl (C=O) groups excluding carboxylic acids is 1. The van der Waals surface area contributed by atoms with E-state index in [-0.39, 0.29) is 17.5 Å². The number of carbonyl (C=O) groups is 1. The molecule has 1 aliphatic rings. The minimum absolute atomic E-state index is 0.125. The number of hydrogen-bond donors (Lipinski definition) is 2. The van der Waals surface area contributed by atoms with Crippen molar-refractivity contribution in [2.24, 2.45) is 5.41 Å². The molecule has 20 heavy (non-hydrogen) atoms. The highest BCUT2D eigenvalue weighted by Crippen LogP contribution is 2.57. The third kappa shape index (κ3) is 1.86. The topological polar surface area (TPSA) is 66.8 Å². The standard InChI is InChI=1S/C16H22O4/c1-10-8-13(18)11(9-12(10)17)15(2)6-5-7-16(15,3)14(19)20-4/h8-9,17-18H,5-7H2,1-4H3/t15-,16+/m0/s1. The molecular formula is C16H22O4. The minimum Gasteiger partial charge on any atom is -0.508 e. The Morgan fingerprint density at radius 1 is 1.20 bits per heavy atom. The number of rotatable bonds is 2. The summed E-state index contributed by atoms with van der Waals surface area (Å²) < 4.78 is 4.96. The van der Waals surface area contributed by atoms with E-state index in [1.54, 1.807) is 19.1 Å². The molecule has 0 bridgehead atoms. The average Bonchev–Trinajstić information content (AvgIpc) is 2.71. The van der Waals surface area contributed by atoms with Crippen molar-refractivity contribution < 1.29 is 19.7 Å². The third-order valence-corrected chi connectivity index (χ3v) is 5.12. The monoisotopic (exact) mass is 278 g/mol. The van der Waals surface area contributed by atoms with Gasteiger partial charge in [-0.3, -0.25) is 4.79 Å². The Kier molecular flexibility index (Phi) is 3.44. The molecule has 0 spiro atoms. The van der Waals surface area contributed by atoms with E-state index in [1.807, 2.05) is 13.8 Å². The molecule has 1 saturated carbocycles. The van der Waals surface area contributed by atoms with E-state index in [0.717, 1.165) is 12.8 Å². The number of esters is 1. The van der Waals surface area contributed by atoms with Gasteiger partial charge in [0.05, 0.1) is 12.5 Å². The molecule has 2 rings (SSSR count). The van der Waals surface area contributed by atoms with Crippen molar-refractivity contribution in [1.29, 1.82) is 0 Å². The summed E-state index contributed by atoms with van der Waals surface area (Å²) in [5.41, 5.74) is -0.00497. The summed E-state index contributed by atoms with van der Waals surface area (Å²) in [7, 11) is 1.39. The number of phenolic OH excluding ortho intramolecular Hbond substituents is 2. The van der Waals surface area contributed by atoms with Crippen molar-refractivity contribution in [2.75, 3.05) is 7.11 Å². The normalized spacial score (nSPS) is 29.4. The van der Waals surface area contributed by atoms with E-state index in [0.29, 0.717) is 17.5 Å². The molecule has 4 heteroatoms. The highest BCUT2D eigenvalue weighted by atomic mass is 16.5. The Morgan fingerprint density at radius 2 is 1.85 bits per heavy atom. The van der Waals surface area contributed by atoms with Gasteiger partial charge in [0.15, 0.2) is 0 Å². The third-order valence-electron chi connectivity index (χ3n) is 5.12. The van der Waals surface area contributed by atoms with Crippen molar-refractivity contribution in [3.8, 4) is 11.5 Å². The summed E-state index contributed by atoms with van der Waals surface area (Å²) in [6.45, 7) is 5.57. The van der Waals surface area contributed by atoms with E-state index in [4.69, 9.17) is 4.74 Å². The van der Waals surface area contributed by atoms with Crippen molar-refractivity contribution in [3.05, 3.63) is 23.3 Å². The van der Waals surface area contributed by atoms with Crippen LogP contribution in [0.2, 0.25) is 0 Å². The molecule has 110 valence electrons. The minimum atomic E-state index is -0.694. The highest BCUT2D eigenvalue weighted by Gasteiger charge is 2.56. The number of phenols is 2. The molecule has 1 aliphatic carbocycles. The molecular weight excluding hydrogens is 256 g/mol. The van der Waals surface area contributed by atoms with Gasteiger partial charge in [-0.1, -0.05) is 13.3 Å². The molecule has 0 heterocycles. The van der Waals surface area contributed by atoms with Crippen LogP contribution in [0.15, 0.2) is 12.1 Å². The summed E-state index contributed by atoms with van der Waals surface area (Å²) in [5, 5.41) is 20.2. The van der Waals surface area contributed by atoms with Gasteiger partial charge in [0.2, 0.25) is 0 Å². The van der Waals surface area contributed by atoms with Crippen LogP contribution in [-0.4, -0.2) is 23.3 Å². The van der Waals surface area contributed by atoms with Gasteiger partial charge in [-0.15, -0.1) is 0 Å². The largest absolute Gasteiger partial charge is 0.508 e. The molecule has 0 amide bonds. The number of methoxy groups -OCH3 is 1. The fourth-order valence-electron chi connectivity index (χ4n) is 3.45. The second-order valence-electron chi connectivity index (χ2n) is 6.17. The van der Waals surface area contributed by atoms with Crippen LogP contribution in [0.25, 0.3) is 0 Å². The average molecular weight is 278 g/mol. The summed E-state index contributed by atoms with van der Waals surface area (Å²) >= 11 is 0. The molecule has 0 unspecified atom stereocenters. The first-order valence-corrected chi connectivity index (χ1v) is 6.88. The lowest BCUT2D eigenvalue weighted by Crippen LogP contribution is -2.43. The van der Waals surface area contributed by atoms with Crippen LogP contribution in [0.1, 0.15) is 44.2 Å². The maximum absolute atomic E-state index is 12.2. The van der Waals surface area contributed by atoms with Crippen molar-refractivity contribution in [3.63, 3.8) is 0 Å². The number of ether oxygens (including phenoxy) is 1. The molecule has 0 radical (unpaired) electrons. The van der Waals surface area contributed by atoms with Crippen molar-refractivity contribution >= 4 is 5.97 Å². The molecule has 0 saturated heterocycles. The van der Waals surface area contributed by atoms with E-state index in [9.17, 15) is 15.0 Å². The molecule has 1 aromatic carbocycles. The molecule has 1 fully saturated rings. The predicted octanol–water partition coefficient (Wildman–Crippen LogP) is 3.03. The zero-order valence-electron chi connectivity index (χ0n) is 12.5. The summed E-state index contributed by atoms with van der Waals surface area (Å²) in [6, 6.07) is 3.13. The quantitative estimate of drug-likeness (QED) is 0.644. The fourth-order valence-corrected chi connectivity index (χ4v) is 3.45. The first kappa shape index (κ1) is 14.7. The van der Waals surface area contributed by atoms with E-state index >= 15 is 0 Å². The van der Waals surface area contributed by atoms with E-state index in [2.05, 4.69) is 0 Å². The second-order valence-corrected chi connectivity index (χ2v) is 6.17. The van der Waals surface area contributed by atoms with Crippen LogP contribution >= 0.6 is 0 Å². The van der Waals surface area contributed by atoms with Crippen LogP contribution in [0.5, 0.6) is 11.5 Å². The van der Waals surface area contributed by atoms with Gasteiger partial charge in [-0.25, -0.2) is 0 Å². The molecule has 1 aromatic rings. The lowest BCUT2D eigenvalue weighted by molar-refractivity contribution is -0.154. The lowest BCUT2D eigenvalue weighted by Gasteiger charge is -2.39. The molecule has 0 aliphatic heterocycles. The first-order valence-electron chi connectivity index (χ1n) is 6.88. The highest BCUT2D eigenvalue weighted by molar-refractivity contribution is 5.79. The Hall–Kier alpha value is -1.71. The number of hydrogen-bond acceptors (Lipinski definition) is 4. The number of aryl methyl sites for hydroxylation is 1. The van der Waals surface area contributed by atoms with Gasteiger partial charge in [-0.05, 0) is 44.4 Å². The van der Waals surface area contributed by atoms with Crippen LogP contribution in [-0.2, 0) is 14.9 Å². The van der Waals surface area contributed by atoms with Crippen LogP contribution in [0.3, 0.4) is 0 Å². The summed E-state index contributed by atoms with van der Waals surface area (Å²) in [6.07, 6.45) is 2.37. The predicted molar refractivity (Wildman–Crippen MR) is 75.8 cm³/mol. The van der Waals surface area contributed by atoms with Crippen molar-refractivity contribution in [2.45, 2.75) is 45.4 Å². The maximum atomic E-state index is 12.2. The SMILES string of the molecule is COC(=O)[C@@]1(C)CCC[C@@]1(C)c1cc(O)c(C)cc1O. The molecule has 4 nitrogen and oxygen atoms in total. The number of aromatic hydroxyl groups is 2. The Morgan fingerprint density at radius 3 is 2.45 bits per heavy atom.